The highest BCUT2D eigenvalue weighted by molar-refractivity contribution is 8.00. The van der Waals surface area contributed by atoms with Gasteiger partial charge in [0.15, 0.2) is 5.78 Å². The molecule has 1 heterocycles. The first-order chi connectivity index (χ1) is 5.13. The van der Waals surface area contributed by atoms with Crippen molar-refractivity contribution in [3.05, 3.63) is 11.1 Å². The average Bonchev–Trinajstić information content (AvgIpc) is 2.33. The second kappa shape index (κ2) is 3.44. The van der Waals surface area contributed by atoms with Crippen molar-refractivity contribution in [2.45, 2.75) is 20.8 Å². The number of carbonyl (C=O) groups excluding carboxylic acids is 1. The summed E-state index contributed by atoms with van der Waals surface area (Å²) in [5.74, 6) is 2.49. The molecule has 2 heteroatoms. The van der Waals surface area contributed by atoms with E-state index in [0.29, 0.717) is 5.78 Å². The van der Waals surface area contributed by atoms with Crippen LogP contribution in [0.4, 0.5) is 0 Å². The number of ketones is 1. The van der Waals surface area contributed by atoms with Gasteiger partial charge in [-0.25, -0.2) is 0 Å². The van der Waals surface area contributed by atoms with Gasteiger partial charge >= 0.3 is 0 Å². The molecule has 0 bridgehead atoms. The average molecular weight is 170 g/mol. The summed E-state index contributed by atoms with van der Waals surface area (Å²) in [5.41, 5.74) is 2.36. The Kier molecular flexibility index (Phi) is 2.77. The van der Waals surface area contributed by atoms with Gasteiger partial charge in [0.05, 0.1) is 0 Å². The Bertz CT molecular complexity index is 204. The molecule has 1 nitrogen and oxygen atoms in total. The van der Waals surface area contributed by atoms with Crippen LogP contribution in [0.15, 0.2) is 11.1 Å². The Morgan fingerprint density at radius 1 is 1.45 bits per heavy atom. The van der Waals surface area contributed by atoms with Crippen molar-refractivity contribution < 1.29 is 4.79 Å². The maximum absolute atomic E-state index is 11.5. The molecule has 0 fully saturated rings. The normalized spacial score (nSPS) is 18.2. The molecule has 1 rings (SSSR count). The van der Waals surface area contributed by atoms with E-state index in [1.165, 1.54) is 5.57 Å². The van der Waals surface area contributed by atoms with Gasteiger partial charge in [-0.1, -0.05) is 19.4 Å². The molecule has 0 aliphatic carbocycles. The molecule has 1 aliphatic heterocycles. The Morgan fingerprint density at radius 3 is 2.45 bits per heavy atom. The van der Waals surface area contributed by atoms with Crippen LogP contribution in [0.25, 0.3) is 0 Å². The number of Topliss-reactive ketones (excluding diaryl/α,β-unsaturated/α-hetero) is 1. The summed E-state index contributed by atoms with van der Waals surface area (Å²) in [6, 6.07) is 0. The smallest absolute Gasteiger partial charge is 0.162 e. The molecule has 0 aromatic rings. The summed E-state index contributed by atoms with van der Waals surface area (Å²) in [4.78, 5) is 11.5. The van der Waals surface area contributed by atoms with Crippen LogP contribution < -0.4 is 0 Å². The van der Waals surface area contributed by atoms with Gasteiger partial charge in [-0.15, -0.1) is 0 Å². The van der Waals surface area contributed by atoms with E-state index in [0.717, 1.165) is 17.1 Å². The number of carbonyl (C=O) groups is 1. The van der Waals surface area contributed by atoms with E-state index < -0.39 is 0 Å². The standard InChI is InChI=1S/C9H14OS/c1-6(2)9(10)8-5-11-4-7(8)3/h6H,4-5H2,1-3H3. The molecule has 1 aliphatic rings. The fourth-order valence-corrected chi connectivity index (χ4v) is 2.32. The molecule has 0 amide bonds. The van der Waals surface area contributed by atoms with Gasteiger partial charge < -0.3 is 0 Å². The fourth-order valence-electron chi connectivity index (χ4n) is 1.15. The lowest BCUT2D eigenvalue weighted by Gasteiger charge is -2.04. The van der Waals surface area contributed by atoms with Gasteiger partial charge in [0.25, 0.3) is 0 Å². The predicted octanol–water partition coefficient (Wildman–Crippen LogP) is 2.27. The van der Waals surface area contributed by atoms with Crippen LogP contribution in [0.3, 0.4) is 0 Å². The highest BCUT2D eigenvalue weighted by Crippen LogP contribution is 2.26. The van der Waals surface area contributed by atoms with Crippen LogP contribution in [0, 0.1) is 5.92 Å². The fraction of sp³-hybridized carbons (Fsp3) is 0.667. The lowest BCUT2D eigenvalue weighted by molar-refractivity contribution is -0.118. The van der Waals surface area contributed by atoms with Crippen LogP contribution in [-0.2, 0) is 4.79 Å². The molecule has 11 heavy (non-hydrogen) atoms. The first-order valence-electron chi connectivity index (χ1n) is 3.93. The Labute approximate surface area is 72.2 Å². The molecule has 0 aromatic heterocycles. The number of thioether (sulfide) groups is 1. The topological polar surface area (TPSA) is 17.1 Å². The molecule has 0 saturated carbocycles. The van der Waals surface area contributed by atoms with Crippen molar-refractivity contribution in [2.75, 3.05) is 11.5 Å². The largest absolute Gasteiger partial charge is 0.294 e. The zero-order chi connectivity index (χ0) is 8.43. The number of rotatable bonds is 2. The molecule has 0 unspecified atom stereocenters. The minimum absolute atomic E-state index is 0.165. The van der Waals surface area contributed by atoms with Crippen LogP contribution in [-0.4, -0.2) is 17.3 Å². The van der Waals surface area contributed by atoms with E-state index in [9.17, 15) is 4.79 Å². The number of hydrogen-bond acceptors (Lipinski definition) is 2. The van der Waals surface area contributed by atoms with Crippen LogP contribution >= 0.6 is 11.8 Å². The quantitative estimate of drug-likeness (QED) is 0.632. The zero-order valence-corrected chi connectivity index (χ0v) is 8.12. The summed E-state index contributed by atoms with van der Waals surface area (Å²) < 4.78 is 0. The van der Waals surface area contributed by atoms with Crippen molar-refractivity contribution in [1.29, 1.82) is 0 Å². The lowest BCUT2D eigenvalue weighted by Crippen LogP contribution is -2.11. The minimum Gasteiger partial charge on any atom is -0.294 e. The summed E-state index contributed by atoms with van der Waals surface area (Å²) in [5, 5.41) is 0. The highest BCUT2D eigenvalue weighted by Gasteiger charge is 2.20. The SMILES string of the molecule is CC1=C(C(=O)C(C)C)CSC1. The maximum Gasteiger partial charge on any atom is 0.162 e. The first-order valence-corrected chi connectivity index (χ1v) is 5.09. The molecule has 0 aromatic carbocycles. The summed E-state index contributed by atoms with van der Waals surface area (Å²) >= 11 is 1.84. The van der Waals surface area contributed by atoms with E-state index in [1.54, 1.807) is 0 Å². The van der Waals surface area contributed by atoms with Gasteiger partial charge in [-0.05, 0) is 6.92 Å². The van der Waals surface area contributed by atoms with Gasteiger partial charge in [-0.2, -0.15) is 11.8 Å². The number of hydrogen-bond donors (Lipinski definition) is 0. The summed E-state index contributed by atoms with van der Waals surface area (Å²) in [6.45, 7) is 5.99. The third kappa shape index (κ3) is 1.86. The summed E-state index contributed by atoms with van der Waals surface area (Å²) in [6.07, 6.45) is 0. The van der Waals surface area contributed by atoms with Gasteiger partial charge in [-0.3, -0.25) is 4.79 Å². The van der Waals surface area contributed by atoms with Crippen molar-refractivity contribution in [3.8, 4) is 0 Å². The van der Waals surface area contributed by atoms with Gasteiger partial charge in [0, 0.05) is 23.0 Å². The van der Waals surface area contributed by atoms with Crippen LogP contribution in [0.1, 0.15) is 20.8 Å². The van der Waals surface area contributed by atoms with E-state index in [-0.39, 0.29) is 5.92 Å². The third-order valence-electron chi connectivity index (χ3n) is 1.90. The van der Waals surface area contributed by atoms with Crippen molar-refractivity contribution in [2.24, 2.45) is 5.92 Å². The zero-order valence-electron chi connectivity index (χ0n) is 7.31. The second-order valence-electron chi connectivity index (χ2n) is 3.27. The van der Waals surface area contributed by atoms with E-state index in [1.807, 2.05) is 25.6 Å². The monoisotopic (exact) mass is 170 g/mol. The van der Waals surface area contributed by atoms with E-state index in [4.69, 9.17) is 0 Å². The molecule has 0 N–H and O–H groups in total. The maximum atomic E-state index is 11.5. The predicted molar refractivity (Wildman–Crippen MR) is 49.9 cm³/mol. The minimum atomic E-state index is 0.165. The molecule has 0 saturated heterocycles. The Balaban J connectivity index is 2.74. The lowest BCUT2D eigenvalue weighted by atomic mass is 9.99. The van der Waals surface area contributed by atoms with Crippen molar-refractivity contribution >= 4 is 17.5 Å². The van der Waals surface area contributed by atoms with Crippen LogP contribution in [0.2, 0.25) is 0 Å². The van der Waals surface area contributed by atoms with E-state index in [2.05, 4.69) is 6.92 Å². The van der Waals surface area contributed by atoms with Crippen LogP contribution in [0.5, 0.6) is 0 Å². The third-order valence-corrected chi connectivity index (χ3v) is 3.03. The first kappa shape index (κ1) is 8.85. The molecule has 0 radical (unpaired) electrons. The Hall–Kier alpha value is -0.240. The summed E-state index contributed by atoms with van der Waals surface area (Å²) in [7, 11) is 0. The molecular weight excluding hydrogens is 156 g/mol. The molecule has 0 spiro atoms. The van der Waals surface area contributed by atoms with Crippen molar-refractivity contribution in [3.63, 3.8) is 0 Å². The van der Waals surface area contributed by atoms with Gasteiger partial charge in [0.2, 0.25) is 0 Å². The highest BCUT2D eigenvalue weighted by atomic mass is 32.2. The molecular formula is C9H14OS. The Morgan fingerprint density at radius 2 is 2.09 bits per heavy atom. The molecule has 62 valence electrons. The van der Waals surface area contributed by atoms with Crippen molar-refractivity contribution in [1.82, 2.24) is 0 Å². The van der Waals surface area contributed by atoms with E-state index >= 15 is 0 Å². The second-order valence-corrected chi connectivity index (χ2v) is 4.26. The van der Waals surface area contributed by atoms with Gasteiger partial charge in [0.1, 0.15) is 0 Å². The molecule has 0 atom stereocenters.